The predicted molar refractivity (Wildman–Crippen MR) is 82.2 cm³/mol. The molecule has 4 heteroatoms. The van der Waals surface area contributed by atoms with Crippen LogP contribution in [0.15, 0.2) is 16.5 Å². The van der Waals surface area contributed by atoms with Crippen LogP contribution in [0.5, 0.6) is 0 Å². The number of nitrogens with zero attached hydrogens (tertiary/aromatic N) is 1. The Bertz CT molecular complexity index is 535. The summed E-state index contributed by atoms with van der Waals surface area (Å²) in [5, 5.41) is 4.76. The van der Waals surface area contributed by atoms with Crippen LogP contribution in [-0.4, -0.2) is 11.5 Å². The van der Waals surface area contributed by atoms with E-state index < -0.39 is 0 Å². The van der Waals surface area contributed by atoms with E-state index in [1.165, 1.54) is 36.4 Å². The molecule has 0 aromatic carbocycles. The smallest absolute Gasteiger partial charge is 0.117 e. The van der Waals surface area contributed by atoms with Crippen LogP contribution in [0.4, 0.5) is 0 Å². The summed E-state index contributed by atoms with van der Waals surface area (Å²) < 4.78 is 5.53. The molecule has 3 nitrogen and oxygen atoms in total. The molecule has 20 heavy (non-hydrogen) atoms. The minimum absolute atomic E-state index is 0.822. The van der Waals surface area contributed by atoms with Gasteiger partial charge in [0.2, 0.25) is 0 Å². The van der Waals surface area contributed by atoms with Crippen LogP contribution in [-0.2, 0) is 25.8 Å². The lowest BCUT2D eigenvalue weighted by Gasteiger charge is -2.06. The van der Waals surface area contributed by atoms with Gasteiger partial charge in [0.1, 0.15) is 11.5 Å². The number of hydrogen-bond acceptors (Lipinski definition) is 4. The van der Waals surface area contributed by atoms with Crippen molar-refractivity contribution in [3.63, 3.8) is 0 Å². The van der Waals surface area contributed by atoms with Crippen LogP contribution in [0.2, 0.25) is 0 Å². The number of aryl methyl sites for hydroxylation is 4. The monoisotopic (exact) mass is 290 g/mol. The molecule has 108 valence electrons. The Morgan fingerprint density at radius 1 is 1.30 bits per heavy atom. The average Bonchev–Trinajstić information content (AvgIpc) is 3.04. The molecule has 0 bridgehead atoms. The summed E-state index contributed by atoms with van der Waals surface area (Å²) in [4.78, 5) is 6.33. The summed E-state index contributed by atoms with van der Waals surface area (Å²) in [6.45, 7) is 3.82. The molecule has 2 heterocycles. The minimum atomic E-state index is 0.822. The van der Waals surface area contributed by atoms with Crippen molar-refractivity contribution in [2.24, 2.45) is 0 Å². The fourth-order valence-electron chi connectivity index (χ4n) is 2.67. The Hall–Kier alpha value is -1.13. The third-order valence-corrected chi connectivity index (χ3v) is 4.95. The van der Waals surface area contributed by atoms with E-state index >= 15 is 0 Å². The highest BCUT2D eigenvalue weighted by Crippen LogP contribution is 2.27. The molecule has 0 radical (unpaired) electrons. The van der Waals surface area contributed by atoms with E-state index in [1.807, 2.05) is 30.4 Å². The number of nitrogens with one attached hydrogen (secondary N) is 1. The normalized spacial score (nSPS) is 14.4. The van der Waals surface area contributed by atoms with Gasteiger partial charge in [-0.25, -0.2) is 4.98 Å². The molecule has 2 aromatic heterocycles. The minimum Gasteiger partial charge on any atom is -0.465 e. The van der Waals surface area contributed by atoms with Gasteiger partial charge in [0.15, 0.2) is 0 Å². The van der Waals surface area contributed by atoms with E-state index in [4.69, 9.17) is 9.40 Å². The van der Waals surface area contributed by atoms with Crippen molar-refractivity contribution < 1.29 is 4.42 Å². The molecule has 1 N–H and O–H groups in total. The van der Waals surface area contributed by atoms with Gasteiger partial charge in [-0.2, -0.15) is 0 Å². The molecule has 1 aliphatic rings. The van der Waals surface area contributed by atoms with Crippen molar-refractivity contribution in [1.82, 2.24) is 10.3 Å². The lowest BCUT2D eigenvalue weighted by Crippen LogP contribution is -2.14. The van der Waals surface area contributed by atoms with Crippen molar-refractivity contribution in [3.05, 3.63) is 39.2 Å². The Morgan fingerprint density at radius 2 is 2.20 bits per heavy atom. The molecule has 0 atom stereocenters. The number of rotatable bonds is 6. The molecule has 0 spiro atoms. The quantitative estimate of drug-likeness (QED) is 0.825. The van der Waals surface area contributed by atoms with Gasteiger partial charge in [0.05, 0.1) is 17.2 Å². The van der Waals surface area contributed by atoms with Crippen LogP contribution in [0.3, 0.4) is 0 Å². The fraction of sp³-hybridized carbons (Fsp3) is 0.562. The lowest BCUT2D eigenvalue weighted by molar-refractivity contribution is 0.460. The van der Waals surface area contributed by atoms with E-state index in [2.05, 4.69) is 5.32 Å². The maximum absolute atomic E-state index is 5.53. The van der Waals surface area contributed by atoms with Crippen molar-refractivity contribution in [2.75, 3.05) is 6.54 Å². The van der Waals surface area contributed by atoms with E-state index in [9.17, 15) is 0 Å². The highest BCUT2D eigenvalue weighted by atomic mass is 32.1. The standard InChI is InChI=1S/C16H22N2OS/c1-12-8-9-13(19-12)11-17-10-4-7-16-18-14-5-2-3-6-15(14)20-16/h8-9,17H,2-7,10-11H2,1H3. The first-order chi connectivity index (χ1) is 9.81. The SMILES string of the molecule is Cc1ccc(CNCCCc2nc3c(s2)CCCC3)o1. The summed E-state index contributed by atoms with van der Waals surface area (Å²) in [5.41, 5.74) is 1.38. The Labute approximate surface area is 124 Å². The van der Waals surface area contributed by atoms with Crippen LogP contribution in [0, 0.1) is 6.92 Å². The molecule has 0 saturated heterocycles. The molecule has 0 fully saturated rings. The molecule has 0 unspecified atom stereocenters. The van der Waals surface area contributed by atoms with Crippen molar-refractivity contribution in [3.8, 4) is 0 Å². The van der Waals surface area contributed by atoms with Gasteiger partial charge in [0.25, 0.3) is 0 Å². The first kappa shape index (κ1) is 13.8. The van der Waals surface area contributed by atoms with Gasteiger partial charge in [-0.1, -0.05) is 0 Å². The first-order valence-corrected chi connectivity index (χ1v) is 8.36. The van der Waals surface area contributed by atoms with Gasteiger partial charge in [0, 0.05) is 11.3 Å². The Kier molecular flexibility index (Phi) is 4.53. The summed E-state index contributed by atoms with van der Waals surface area (Å²) in [6.07, 6.45) is 7.36. The van der Waals surface area contributed by atoms with E-state index in [-0.39, 0.29) is 0 Å². The highest BCUT2D eigenvalue weighted by molar-refractivity contribution is 7.11. The van der Waals surface area contributed by atoms with Crippen LogP contribution >= 0.6 is 11.3 Å². The molecule has 1 aliphatic carbocycles. The average molecular weight is 290 g/mol. The van der Waals surface area contributed by atoms with Gasteiger partial charge in [-0.3, -0.25) is 0 Å². The number of furan rings is 1. The van der Waals surface area contributed by atoms with Crippen molar-refractivity contribution in [1.29, 1.82) is 0 Å². The summed E-state index contributed by atoms with van der Waals surface area (Å²) in [6, 6.07) is 4.05. The maximum Gasteiger partial charge on any atom is 0.117 e. The summed E-state index contributed by atoms with van der Waals surface area (Å²) in [5.74, 6) is 2.00. The third kappa shape index (κ3) is 3.49. The van der Waals surface area contributed by atoms with Gasteiger partial charge in [-0.05, 0) is 57.7 Å². The Morgan fingerprint density at radius 3 is 3.00 bits per heavy atom. The zero-order chi connectivity index (χ0) is 13.8. The Balaban J connectivity index is 1.38. The maximum atomic E-state index is 5.53. The van der Waals surface area contributed by atoms with Gasteiger partial charge in [-0.15, -0.1) is 11.3 Å². The zero-order valence-electron chi connectivity index (χ0n) is 12.1. The second-order valence-electron chi connectivity index (χ2n) is 5.48. The van der Waals surface area contributed by atoms with E-state index in [1.54, 1.807) is 4.88 Å². The first-order valence-electron chi connectivity index (χ1n) is 7.55. The highest BCUT2D eigenvalue weighted by Gasteiger charge is 2.14. The second kappa shape index (κ2) is 6.55. The number of aromatic nitrogens is 1. The largest absolute Gasteiger partial charge is 0.465 e. The van der Waals surface area contributed by atoms with Crippen LogP contribution < -0.4 is 5.32 Å². The molecule has 0 amide bonds. The topological polar surface area (TPSA) is 38.1 Å². The molecular formula is C16H22N2OS. The number of fused-ring (bicyclic) bond motifs is 1. The molecule has 0 aliphatic heterocycles. The second-order valence-corrected chi connectivity index (χ2v) is 6.65. The zero-order valence-corrected chi connectivity index (χ0v) is 12.9. The predicted octanol–water partition coefficient (Wildman–Crippen LogP) is 3.65. The molecule has 2 aromatic rings. The number of thiazole rings is 1. The van der Waals surface area contributed by atoms with Crippen LogP contribution in [0.25, 0.3) is 0 Å². The fourth-order valence-corrected chi connectivity index (χ4v) is 3.87. The van der Waals surface area contributed by atoms with Crippen molar-refractivity contribution >= 4 is 11.3 Å². The molecule has 3 rings (SSSR count). The molecular weight excluding hydrogens is 268 g/mol. The van der Waals surface area contributed by atoms with Gasteiger partial charge < -0.3 is 9.73 Å². The summed E-state index contributed by atoms with van der Waals surface area (Å²) in [7, 11) is 0. The van der Waals surface area contributed by atoms with Crippen LogP contribution in [0.1, 0.15) is 46.4 Å². The van der Waals surface area contributed by atoms with E-state index in [0.29, 0.717) is 0 Å². The number of hydrogen-bond donors (Lipinski definition) is 1. The summed E-state index contributed by atoms with van der Waals surface area (Å²) >= 11 is 1.94. The van der Waals surface area contributed by atoms with Gasteiger partial charge >= 0.3 is 0 Å². The van der Waals surface area contributed by atoms with Crippen molar-refractivity contribution in [2.45, 2.75) is 52.0 Å². The third-order valence-electron chi connectivity index (χ3n) is 3.73. The lowest BCUT2D eigenvalue weighted by atomic mass is 10.0. The van der Waals surface area contributed by atoms with E-state index in [0.717, 1.165) is 37.5 Å². The molecule has 0 saturated carbocycles.